The second-order valence-corrected chi connectivity index (χ2v) is 5.27. The molecule has 0 fully saturated rings. The van der Waals surface area contributed by atoms with E-state index in [0.29, 0.717) is 22.8 Å². The molecule has 0 unspecified atom stereocenters. The average molecular weight is 356 g/mol. The van der Waals surface area contributed by atoms with Crippen molar-refractivity contribution in [1.29, 1.82) is 0 Å². The lowest BCUT2D eigenvalue weighted by atomic mass is 10.2. The van der Waals surface area contributed by atoms with Gasteiger partial charge in [-0.05, 0) is 47.9 Å². The van der Waals surface area contributed by atoms with E-state index in [1.54, 1.807) is 26.0 Å². The Morgan fingerprint density at radius 1 is 1.38 bits per heavy atom. The van der Waals surface area contributed by atoms with Crippen molar-refractivity contribution < 1.29 is 14.5 Å². The number of ether oxygens (including phenoxy) is 1. The smallest absolute Gasteiger partial charge is 0.243 e. The summed E-state index contributed by atoms with van der Waals surface area (Å²) in [4.78, 5) is 0. The minimum atomic E-state index is 0.0539. The van der Waals surface area contributed by atoms with Gasteiger partial charge in [0.2, 0.25) is 11.6 Å². The molecular formula is C15H16N8O3. The number of benzene rings is 1. The lowest BCUT2D eigenvalue weighted by Gasteiger charge is -2.02. The highest BCUT2D eigenvalue weighted by atomic mass is 16.6. The first-order valence-electron chi connectivity index (χ1n) is 7.47. The van der Waals surface area contributed by atoms with Gasteiger partial charge in [-0.1, -0.05) is 5.21 Å². The highest BCUT2D eigenvalue weighted by Gasteiger charge is 2.17. The van der Waals surface area contributed by atoms with Crippen LogP contribution in [0.3, 0.4) is 0 Å². The van der Waals surface area contributed by atoms with Gasteiger partial charge < -0.3 is 15.6 Å². The second kappa shape index (κ2) is 7.01. The molecule has 1 aromatic carbocycles. The maximum absolute atomic E-state index is 9.59. The molecule has 3 aromatic rings. The van der Waals surface area contributed by atoms with Gasteiger partial charge in [-0.15, -0.1) is 5.10 Å². The third-order valence-electron chi connectivity index (χ3n) is 3.55. The normalized spacial score (nSPS) is 12.0. The number of hydrogen-bond donors (Lipinski definition) is 2. The van der Waals surface area contributed by atoms with E-state index in [4.69, 9.17) is 10.5 Å². The maximum Gasteiger partial charge on any atom is 0.243 e. The monoisotopic (exact) mass is 356 g/mol. The predicted molar refractivity (Wildman–Crippen MR) is 92.8 cm³/mol. The SMILES string of the molecule is COc1cc(C=NN=C(C)c2nnn(-c3nonc3N)c2C)ccc1O. The van der Waals surface area contributed by atoms with Gasteiger partial charge in [-0.25, -0.2) is 4.63 Å². The number of hydrogen-bond acceptors (Lipinski definition) is 10. The van der Waals surface area contributed by atoms with Gasteiger partial charge in [0.25, 0.3) is 0 Å². The van der Waals surface area contributed by atoms with Crippen molar-refractivity contribution in [3.05, 3.63) is 35.2 Å². The van der Waals surface area contributed by atoms with Crippen molar-refractivity contribution in [2.75, 3.05) is 12.8 Å². The first-order chi connectivity index (χ1) is 12.5. The number of anilines is 1. The quantitative estimate of drug-likeness (QED) is 0.509. The molecule has 11 nitrogen and oxygen atoms in total. The number of methoxy groups -OCH3 is 1. The summed E-state index contributed by atoms with van der Waals surface area (Å²) in [6, 6.07) is 4.85. The first kappa shape index (κ1) is 17.1. The number of aromatic nitrogens is 5. The van der Waals surface area contributed by atoms with Crippen molar-refractivity contribution in [2.24, 2.45) is 10.2 Å². The Morgan fingerprint density at radius 2 is 2.19 bits per heavy atom. The van der Waals surface area contributed by atoms with Gasteiger partial charge in [-0.3, -0.25) is 0 Å². The minimum Gasteiger partial charge on any atom is -0.504 e. The molecule has 0 saturated heterocycles. The number of nitrogens with zero attached hydrogens (tertiary/aromatic N) is 7. The first-order valence-corrected chi connectivity index (χ1v) is 7.47. The van der Waals surface area contributed by atoms with Crippen LogP contribution < -0.4 is 10.5 Å². The van der Waals surface area contributed by atoms with E-state index in [-0.39, 0.29) is 17.4 Å². The number of phenolic OH excluding ortho intramolecular Hbond substituents is 1. The summed E-state index contributed by atoms with van der Waals surface area (Å²) < 4.78 is 11.0. The van der Waals surface area contributed by atoms with Gasteiger partial charge >= 0.3 is 0 Å². The van der Waals surface area contributed by atoms with Crippen molar-refractivity contribution in [3.8, 4) is 17.3 Å². The molecule has 0 aliphatic carbocycles. The summed E-state index contributed by atoms with van der Waals surface area (Å²) in [5.41, 5.74) is 8.13. The molecular weight excluding hydrogens is 340 g/mol. The molecule has 3 N–H and O–H groups in total. The minimum absolute atomic E-state index is 0.0539. The topological polar surface area (TPSA) is 150 Å². The zero-order valence-corrected chi connectivity index (χ0v) is 14.3. The fourth-order valence-corrected chi connectivity index (χ4v) is 2.21. The Bertz CT molecular complexity index is 989. The zero-order valence-electron chi connectivity index (χ0n) is 14.3. The summed E-state index contributed by atoms with van der Waals surface area (Å²) in [6.07, 6.45) is 1.53. The largest absolute Gasteiger partial charge is 0.504 e. The third kappa shape index (κ3) is 3.22. The van der Waals surface area contributed by atoms with E-state index in [1.165, 1.54) is 24.1 Å². The van der Waals surface area contributed by atoms with E-state index in [1.807, 2.05) is 0 Å². The standard InChI is InChI=1S/C15H16N8O3/c1-8(18-17-7-10-4-5-11(24)12(6-10)25-3)13-9(2)23(22-19-13)15-14(16)20-26-21-15/h4-7,24H,1-3H3,(H2,16,20). The molecule has 26 heavy (non-hydrogen) atoms. The van der Waals surface area contributed by atoms with Crippen LogP contribution in [0.15, 0.2) is 33.0 Å². The van der Waals surface area contributed by atoms with Crippen LogP contribution in [-0.4, -0.2) is 49.4 Å². The molecule has 134 valence electrons. The highest BCUT2D eigenvalue weighted by molar-refractivity contribution is 5.98. The summed E-state index contributed by atoms with van der Waals surface area (Å²) in [5.74, 6) is 0.776. The van der Waals surface area contributed by atoms with Crippen molar-refractivity contribution in [3.63, 3.8) is 0 Å². The number of nitrogens with two attached hydrogens (primary N) is 1. The van der Waals surface area contributed by atoms with Crippen LogP contribution in [0.4, 0.5) is 5.82 Å². The number of phenols is 1. The van der Waals surface area contributed by atoms with Crippen LogP contribution in [0.5, 0.6) is 11.5 Å². The van der Waals surface area contributed by atoms with Gasteiger partial charge in [-0.2, -0.15) is 14.9 Å². The average Bonchev–Trinajstić information content (AvgIpc) is 3.21. The molecule has 0 saturated carbocycles. The Labute approximate surface area is 147 Å². The fraction of sp³-hybridized carbons (Fsp3) is 0.200. The molecule has 0 atom stereocenters. The van der Waals surface area contributed by atoms with Gasteiger partial charge in [0.1, 0.15) is 5.69 Å². The van der Waals surface area contributed by atoms with Gasteiger partial charge in [0.15, 0.2) is 11.5 Å². The van der Waals surface area contributed by atoms with E-state index in [9.17, 15) is 5.11 Å². The Hall–Kier alpha value is -3.76. The lowest BCUT2D eigenvalue weighted by molar-refractivity contribution is 0.306. The summed E-state index contributed by atoms with van der Waals surface area (Å²) >= 11 is 0. The van der Waals surface area contributed by atoms with Crippen molar-refractivity contribution >= 4 is 17.7 Å². The molecule has 0 spiro atoms. The summed E-state index contributed by atoms with van der Waals surface area (Å²) in [6.45, 7) is 3.54. The molecule has 0 amide bonds. The van der Waals surface area contributed by atoms with Crippen LogP contribution in [0.25, 0.3) is 5.82 Å². The van der Waals surface area contributed by atoms with E-state index in [0.717, 1.165) is 5.56 Å². The molecule has 0 radical (unpaired) electrons. The number of rotatable bonds is 5. The lowest BCUT2D eigenvalue weighted by Crippen LogP contribution is -2.04. The predicted octanol–water partition coefficient (Wildman–Crippen LogP) is 1.10. The van der Waals surface area contributed by atoms with Crippen LogP contribution >= 0.6 is 0 Å². The van der Waals surface area contributed by atoms with Crippen LogP contribution in [0, 0.1) is 6.92 Å². The number of nitrogen functional groups attached to an aromatic ring is 1. The second-order valence-electron chi connectivity index (χ2n) is 5.27. The fourth-order valence-electron chi connectivity index (χ4n) is 2.21. The molecule has 11 heteroatoms. The van der Waals surface area contributed by atoms with Crippen LogP contribution in [0.1, 0.15) is 23.9 Å². The molecule has 0 bridgehead atoms. The molecule has 2 heterocycles. The van der Waals surface area contributed by atoms with E-state index >= 15 is 0 Å². The highest BCUT2D eigenvalue weighted by Crippen LogP contribution is 2.25. The van der Waals surface area contributed by atoms with E-state index in [2.05, 4.69) is 35.5 Å². The van der Waals surface area contributed by atoms with Crippen molar-refractivity contribution in [2.45, 2.75) is 13.8 Å². The Morgan fingerprint density at radius 3 is 2.88 bits per heavy atom. The third-order valence-corrected chi connectivity index (χ3v) is 3.55. The van der Waals surface area contributed by atoms with Crippen LogP contribution in [0.2, 0.25) is 0 Å². The Balaban J connectivity index is 1.82. The maximum atomic E-state index is 9.59. The molecule has 2 aromatic heterocycles. The van der Waals surface area contributed by atoms with Crippen molar-refractivity contribution in [1.82, 2.24) is 25.3 Å². The van der Waals surface area contributed by atoms with Gasteiger partial charge in [0.05, 0.1) is 24.7 Å². The Kier molecular flexibility index (Phi) is 4.60. The molecule has 0 aliphatic heterocycles. The summed E-state index contributed by atoms with van der Waals surface area (Å²) in [5, 5.41) is 33.0. The molecule has 3 rings (SSSR count). The molecule has 0 aliphatic rings. The van der Waals surface area contributed by atoms with Gasteiger partial charge in [0, 0.05) is 0 Å². The van der Waals surface area contributed by atoms with Crippen LogP contribution in [-0.2, 0) is 0 Å². The zero-order chi connectivity index (χ0) is 18.7. The number of aromatic hydroxyl groups is 1. The van der Waals surface area contributed by atoms with E-state index < -0.39 is 0 Å². The summed E-state index contributed by atoms with van der Waals surface area (Å²) in [7, 11) is 1.47.